The number of H-pyrrole nitrogens is 1. The number of nitrogens with zero attached hydrogens (tertiary/aromatic N) is 2. The smallest absolute Gasteiger partial charge is 0.305 e. The van der Waals surface area contributed by atoms with Crippen LogP contribution in [0, 0.1) is 0 Å². The van der Waals surface area contributed by atoms with E-state index in [1.807, 2.05) is 17.0 Å². The molecule has 0 aliphatic carbocycles. The molecule has 126 valence electrons. The number of carbonyl (C=O) groups is 1. The van der Waals surface area contributed by atoms with Crippen LogP contribution >= 0.6 is 11.3 Å². The molecular formula is C18H21N3O2S. The molecule has 3 heterocycles. The molecule has 4 rings (SSSR count). The van der Waals surface area contributed by atoms with E-state index in [1.165, 1.54) is 29.7 Å². The van der Waals surface area contributed by atoms with Crippen molar-refractivity contribution in [2.45, 2.75) is 32.7 Å². The Hall–Kier alpha value is -1.92. The summed E-state index contributed by atoms with van der Waals surface area (Å²) in [5.41, 5.74) is 4.18. The van der Waals surface area contributed by atoms with Gasteiger partial charge in [0, 0.05) is 30.6 Å². The predicted octanol–water partition coefficient (Wildman–Crippen LogP) is 2.61. The van der Waals surface area contributed by atoms with Crippen LogP contribution in [0.3, 0.4) is 0 Å². The second-order valence-electron chi connectivity index (χ2n) is 6.56. The standard InChI is InChI=1S/C18H21N3O2S/c1-12(22)21-9-6-13-10-14(4-5-15(13)21)17-16(24-18(23)19-17)11-20-7-2-3-8-20/h4-5,10H,2-3,6-9,11H2,1H3,(H,19,23). The second-order valence-corrected chi connectivity index (χ2v) is 7.63. The Morgan fingerprint density at radius 3 is 2.79 bits per heavy atom. The molecule has 1 aromatic heterocycles. The first kappa shape index (κ1) is 15.6. The van der Waals surface area contributed by atoms with E-state index in [2.05, 4.69) is 16.0 Å². The number of aromatic amines is 1. The largest absolute Gasteiger partial charge is 0.312 e. The summed E-state index contributed by atoms with van der Waals surface area (Å²) in [7, 11) is 0. The fourth-order valence-corrected chi connectivity index (χ4v) is 4.63. The molecule has 2 aliphatic rings. The van der Waals surface area contributed by atoms with E-state index in [-0.39, 0.29) is 10.8 Å². The first-order valence-corrected chi connectivity index (χ1v) is 9.29. The van der Waals surface area contributed by atoms with Gasteiger partial charge in [-0.15, -0.1) is 0 Å². The number of benzene rings is 1. The highest BCUT2D eigenvalue weighted by molar-refractivity contribution is 7.09. The van der Waals surface area contributed by atoms with Gasteiger partial charge in [0.2, 0.25) is 5.91 Å². The molecular weight excluding hydrogens is 322 g/mol. The average Bonchev–Trinajstić information content (AvgIpc) is 3.26. The van der Waals surface area contributed by atoms with Gasteiger partial charge in [-0.3, -0.25) is 14.5 Å². The van der Waals surface area contributed by atoms with Crippen molar-refractivity contribution in [3.05, 3.63) is 38.3 Å². The molecule has 0 unspecified atom stereocenters. The van der Waals surface area contributed by atoms with E-state index in [1.54, 1.807) is 6.92 Å². The van der Waals surface area contributed by atoms with Gasteiger partial charge >= 0.3 is 4.87 Å². The number of hydrogen-bond acceptors (Lipinski definition) is 4. The van der Waals surface area contributed by atoms with Gasteiger partial charge in [-0.25, -0.2) is 0 Å². The number of hydrogen-bond donors (Lipinski definition) is 1. The van der Waals surface area contributed by atoms with Gasteiger partial charge in [-0.05, 0) is 55.6 Å². The number of anilines is 1. The highest BCUT2D eigenvalue weighted by Gasteiger charge is 2.23. The molecule has 1 amide bonds. The summed E-state index contributed by atoms with van der Waals surface area (Å²) in [5.74, 6) is 0.0835. The summed E-state index contributed by atoms with van der Waals surface area (Å²) in [5, 5.41) is 0. The molecule has 0 radical (unpaired) electrons. The number of amides is 1. The van der Waals surface area contributed by atoms with Crippen molar-refractivity contribution in [2.75, 3.05) is 24.5 Å². The van der Waals surface area contributed by atoms with Gasteiger partial charge in [0.05, 0.1) is 5.69 Å². The van der Waals surface area contributed by atoms with E-state index in [0.29, 0.717) is 0 Å². The van der Waals surface area contributed by atoms with Crippen LogP contribution in [0.25, 0.3) is 11.3 Å². The van der Waals surface area contributed by atoms with Gasteiger partial charge < -0.3 is 9.88 Å². The maximum atomic E-state index is 11.9. The van der Waals surface area contributed by atoms with Crippen molar-refractivity contribution >= 4 is 22.9 Å². The molecule has 1 fully saturated rings. The maximum absolute atomic E-state index is 11.9. The number of likely N-dealkylation sites (tertiary alicyclic amines) is 1. The lowest BCUT2D eigenvalue weighted by atomic mass is 10.1. The van der Waals surface area contributed by atoms with Crippen molar-refractivity contribution in [3.63, 3.8) is 0 Å². The van der Waals surface area contributed by atoms with Crippen molar-refractivity contribution in [2.24, 2.45) is 0 Å². The van der Waals surface area contributed by atoms with Crippen LogP contribution in [0.5, 0.6) is 0 Å². The Morgan fingerprint density at radius 1 is 1.25 bits per heavy atom. The van der Waals surface area contributed by atoms with Gasteiger partial charge in [-0.1, -0.05) is 17.4 Å². The number of thiazole rings is 1. The monoisotopic (exact) mass is 343 g/mol. The van der Waals surface area contributed by atoms with Gasteiger partial charge in [-0.2, -0.15) is 0 Å². The summed E-state index contributed by atoms with van der Waals surface area (Å²) >= 11 is 1.32. The highest BCUT2D eigenvalue weighted by atomic mass is 32.1. The fourth-order valence-electron chi connectivity index (χ4n) is 3.73. The number of rotatable bonds is 3. The zero-order chi connectivity index (χ0) is 16.7. The minimum absolute atomic E-state index is 0.00468. The molecule has 5 nitrogen and oxygen atoms in total. The van der Waals surface area contributed by atoms with Crippen LogP contribution in [-0.4, -0.2) is 35.4 Å². The Bertz CT molecular complexity index is 833. The Balaban J connectivity index is 1.67. The SMILES string of the molecule is CC(=O)N1CCc2cc(-c3[nH]c(=O)sc3CN3CCCC3)ccc21. The van der Waals surface area contributed by atoms with Crippen LogP contribution in [0.15, 0.2) is 23.0 Å². The zero-order valence-corrected chi connectivity index (χ0v) is 14.6. The third kappa shape index (κ3) is 2.80. The van der Waals surface area contributed by atoms with E-state index < -0.39 is 0 Å². The number of aromatic nitrogens is 1. The van der Waals surface area contributed by atoms with Crippen molar-refractivity contribution in [1.82, 2.24) is 9.88 Å². The summed E-state index contributed by atoms with van der Waals surface area (Å²) in [6.07, 6.45) is 3.36. The number of fused-ring (bicyclic) bond motifs is 1. The third-order valence-electron chi connectivity index (χ3n) is 4.93. The second kappa shape index (κ2) is 6.18. The lowest BCUT2D eigenvalue weighted by Crippen LogP contribution is -2.25. The lowest BCUT2D eigenvalue weighted by Gasteiger charge is -2.16. The molecule has 6 heteroatoms. The average molecular weight is 343 g/mol. The summed E-state index contributed by atoms with van der Waals surface area (Å²) in [6, 6.07) is 6.16. The van der Waals surface area contributed by atoms with Gasteiger partial charge in [0.25, 0.3) is 0 Å². The minimum atomic E-state index is 0.00468. The lowest BCUT2D eigenvalue weighted by molar-refractivity contribution is -0.116. The Kier molecular flexibility index (Phi) is 4.02. The molecule has 1 aromatic carbocycles. The molecule has 0 bridgehead atoms. The highest BCUT2D eigenvalue weighted by Crippen LogP contribution is 2.33. The predicted molar refractivity (Wildman–Crippen MR) is 96.6 cm³/mol. The molecule has 0 spiro atoms. The molecule has 1 N–H and O–H groups in total. The number of nitrogens with one attached hydrogen (secondary N) is 1. The first-order chi connectivity index (χ1) is 11.6. The Labute approximate surface area is 144 Å². The summed E-state index contributed by atoms with van der Waals surface area (Å²) in [4.78, 5) is 32.0. The van der Waals surface area contributed by atoms with Crippen LogP contribution < -0.4 is 9.77 Å². The first-order valence-electron chi connectivity index (χ1n) is 8.47. The zero-order valence-electron chi connectivity index (χ0n) is 13.8. The normalized spacial score (nSPS) is 17.5. The van der Waals surface area contributed by atoms with E-state index in [0.717, 1.165) is 54.4 Å². The third-order valence-corrected chi connectivity index (χ3v) is 5.80. The Morgan fingerprint density at radius 2 is 2.04 bits per heavy atom. The molecule has 0 atom stereocenters. The molecule has 24 heavy (non-hydrogen) atoms. The van der Waals surface area contributed by atoms with Crippen LogP contribution in [0.2, 0.25) is 0 Å². The molecule has 2 aliphatic heterocycles. The summed E-state index contributed by atoms with van der Waals surface area (Å²) < 4.78 is 0. The van der Waals surface area contributed by atoms with E-state index in [9.17, 15) is 9.59 Å². The summed E-state index contributed by atoms with van der Waals surface area (Å²) in [6.45, 7) is 5.42. The van der Waals surface area contributed by atoms with Crippen LogP contribution in [0.1, 0.15) is 30.2 Å². The van der Waals surface area contributed by atoms with Crippen molar-refractivity contribution in [3.8, 4) is 11.3 Å². The van der Waals surface area contributed by atoms with Gasteiger partial charge in [0.15, 0.2) is 0 Å². The fraction of sp³-hybridized carbons (Fsp3) is 0.444. The van der Waals surface area contributed by atoms with Crippen molar-refractivity contribution < 1.29 is 4.79 Å². The topological polar surface area (TPSA) is 56.4 Å². The van der Waals surface area contributed by atoms with E-state index in [4.69, 9.17) is 0 Å². The maximum Gasteiger partial charge on any atom is 0.305 e. The van der Waals surface area contributed by atoms with E-state index >= 15 is 0 Å². The van der Waals surface area contributed by atoms with Crippen molar-refractivity contribution in [1.29, 1.82) is 0 Å². The van der Waals surface area contributed by atoms with Crippen LogP contribution in [-0.2, 0) is 17.8 Å². The molecule has 2 aromatic rings. The minimum Gasteiger partial charge on any atom is -0.312 e. The molecule has 0 saturated carbocycles. The van der Waals surface area contributed by atoms with Crippen LogP contribution in [0.4, 0.5) is 5.69 Å². The quantitative estimate of drug-likeness (QED) is 0.932. The molecule has 1 saturated heterocycles. The number of carbonyl (C=O) groups excluding carboxylic acids is 1. The van der Waals surface area contributed by atoms with Gasteiger partial charge in [0.1, 0.15) is 0 Å².